The molecule has 1 aliphatic heterocycles. The van der Waals surface area contributed by atoms with Crippen LogP contribution in [0.3, 0.4) is 0 Å². The molecule has 3 heteroatoms. The molecule has 0 aromatic rings. The predicted molar refractivity (Wildman–Crippen MR) is 59.3 cm³/mol. The van der Waals surface area contributed by atoms with Crippen molar-refractivity contribution in [1.29, 1.82) is 0 Å². The molecule has 0 N–H and O–H groups in total. The fourth-order valence-electron chi connectivity index (χ4n) is 2.04. The second-order valence-electron chi connectivity index (χ2n) is 4.50. The molecular formula is C12H18N2O. The fraction of sp³-hybridized carbons (Fsp3) is 0.750. The first-order valence-electron chi connectivity index (χ1n) is 5.78. The molecule has 1 saturated heterocycles. The van der Waals surface area contributed by atoms with Gasteiger partial charge in [-0.05, 0) is 31.6 Å². The third kappa shape index (κ3) is 2.65. The van der Waals surface area contributed by atoms with Gasteiger partial charge in [-0.1, -0.05) is 5.92 Å². The summed E-state index contributed by atoms with van der Waals surface area (Å²) in [5, 5.41) is 0. The maximum absolute atomic E-state index is 12.1. The lowest BCUT2D eigenvalue weighted by Gasteiger charge is -2.26. The number of likely N-dealkylation sites (tertiary alicyclic amines) is 1. The van der Waals surface area contributed by atoms with Crippen LogP contribution in [-0.4, -0.2) is 42.0 Å². The van der Waals surface area contributed by atoms with Gasteiger partial charge in [-0.25, -0.2) is 4.79 Å². The van der Waals surface area contributed by atoms with Crippen LogP contribution in [0.4, 0.5) is 4.79 Å². The molecule has 2 aliphatic rings. The Labute approximate surface area is 91.4 Å². The summed E-state index contributed by atoms with van der Waals surface area (Å²) in [4.78, 5) is 15.8. The summed E-state index contributed by atoms with van der Waals surface area (Å²) in [5.74, 6) is 3.30. The van der Waals surface area contributed by atoms with E-state index in [-0.39, 0.29) is 6.03 Å². The first-order valence-corrected chi connectivity index (χ1v) is 5.78. The van der Waals surface area contributed by atoms with Crippen molar-refractivity contribution in [3.8, 4) is 12.3 Å². The first-order chi connectivity index (χ1) is 7.31. The van der Waals surface area contributed by atoms with Gasteiger partial charge in [0.15, 0.2) is 0 Å². The van der Waals surface area contributed by atoms with Gasteiger partial charge in [-0.15, -0.1) is 6.42 Å². The molecule has 0 aromatic heterocycles. The molecule has 3 nitrogen and oxygen atoms in total. The van der Waals surface area contributed by atoms with E-state index in [4.69, 9.17) is 6.42 Å². The van der Waals surface area contributed by atoms with Crippen molar-refractivity contribution < 1.29 is 4.79 Å². The minimum Gasteiger partial charge on any atom is -0.325 e. The highest BCUT2D eigenvalue weighted by molar-refractivity contribution is 5.75. The normalized spacial score (nSPS) is 20.1. The van der Waals surface area contributed by atoms with Crippen LogP contribution < -0.4 is 0 Å². The van der Waals surface area contributed by atoms with Crippen molar-refractivity contribution in [2.75, 3.05) is 26.2 Å². The zero-order valence-corrected chi connectivity index (χ0v) is 9.11. The summed E-state index contributed by atoms with van der Waals surface area (Å²) in [6.45, 7) is 3.14. The highest BCUT2D eigenvalue weighted by atomic mass is 16.2. The molecule has 1 aliphatic carbocycles. The lowest BCUT2D eigenvalue weighted by Crippen LogP contribution is -2.42. The lowest BCUT2D eigenvalue weighted by atomic mass is 10.3. The van der Waals surface area contributed by atoms with E-state index >= 15 is 0 Å². The Balaban J connectivity index is 1.89. The number of carbonyl (C=O) groups excluding carboxylic acids is 1. The molecular weight excluding hydrogens is 188 g/mol. The Kier molecular flexibility index (Phi) is 3.15. The second-order valence-corrected chi connectivity index (χ2v) is 4.50. The average Bonchev–Trinajstić information content (AvgIpc) is 2.88. The van der Waals surface area contributed by atoms with Crippen molar-refractivity contribution >= 4 is 6.03 Å². The Morgan fingerprint density at radius 2 is 2.07 bits per heavy atom. The van der Waals surface area contributed by atoms with Crippen LogP contribution in [0.15, 0.2) is 0 Å². The van der Waals surface area contributed by atoms with Gasteiger partial charge < -0.3 is 9.80 Å². The van der Waals surface area contributed by atoms with E-state index in [2.05, 4.69) is 5.92 Å². The van der Waals surface area contributed by atoms with Crippen LogP contribution in [0.1, 0.15) is 25.7 Å². The van der Waals surface area contributed by atoms with Crippen LogP contribution in [0.5, 0.6) is 0 Å². The monoisotopic (exact) mass is 206 g/mol. The number of nitrogens with zero attached hydrogens (tertiary/aromatic N) is 2. The van der Waals surface area contributed by atoms with E-state index in [0.29, 0.717) is 12.5 Å². The van der Waals surface area contributed by atoms with Crippen molar-refractivity contribution in [3.63, 3.8) is 0 Å². The topological polar surface area (TPSA) is 23.6 Å². The number of terminal acetylenes is 1. The second kappa shape index (κ2) is 4.57. The maximum atomic E-state index is 12.1. The molecule has 82 valence electrons. The molecule has 0 radical (unpaired) electrons. The molecule has 1 heterocycles. The van der Waals surface area contributed by atoms with Crippen molar-refractivity contribution in [2.24, 2.45) is 5.92 Å². The standard InChI is InChI=1S/C12H18N2O/c1-2-7-14(10-11-5-6-11)12(15)13-8-3-4-9-13/h1,11H,3-10H2. The smallest absolute Gasteiger partial charge is 0.320 e. The number of urea groups is 1. The van der Waals surface area contributed by atoms with Crippen LogP contribution in [0.2, 0.25) is 0 Å². The Hall–Kier alpha value is -1.17. The predicted octanol–water partition coefficient (Wildman–Crippen LogP) is 1.55. The minimum atomic E-state index is 0.150. The summed E-state index contributed by atoms with van der Waals surface area (Å²) in [6.07, 6.45) is 10.1. The third-order valence-electron chi connectivity index (χ3n) is 3.10. The fourth-order valence-corrected chi connectivity index (χ4v) is 2.04. The van der Waals surface area contributed by atoms with Crippen molar-refractivity contribution in [3.05, 3.63) is 0 Å². The zero-order valence-electron chi connectivity index (χ0n) is 9.11. The molecule has 0 spiro atoms. The largest absolute Gasteiger partial charge is 0.325 e. The minimum absolute atomic E-state index is 0.150. The van der Waals surface area contributed by atoms with Gasteiger partial charge in [-0.2, -0.15) is 0 Å². The van der Waals surface area contributed by atoms with E-state index < -0.39 is 0 Å². The summed E-state index contributed by atoms with van der Waals surface area (Å²) >= 11 is 0. The Morgan fingerprint density at radius 1 is 1.40 bits per heavy atom. The number of hydrogen-bond acceptors (Lipinski definition) is 1. The van der Waals surface area contributed by atoms with Gasteiger partial charge in [0, 0.05) is 19.6 Å². The highest BCUT2D eigenvalue weighted by Gasteiger charge is 2.29. The van der Waals surface area contributed by atoms with Crippen molar-refractivity contribution in [2.45, 2.75) is 25.7 Å². The van der Waals surface area contributed by atoms with Gasteiger partial charge in [0.2, 0.25) is 0 Å². The molecule has 1 saturated carbocycles. The van der Waals surface area contributed by atoms with E-state index in [0.717, 1.165) is 32.5 Å². The molecule has 0 unspecified atom stereocenters. The Morgan fingerprint density at radius 3 is 2.60 bits per heavy atom. The summed E-state index contributed by atoms with van der Waals surface area (Å²) < 4.78 is 0. The molecule has 2 amide bonds. The van der Waals surface area contributed by atoms with Crippen LogP contribution >= 0.6 is 0 Å². The summed E-state index contributed by atoms with van der Waals surface area (Å²) in [7, 11) is 0. The van der Waals surface area contributed by atoms with Gasteiger partial charge in [0.25, 0.3) is 0 Å². The number of amides is 2. The number of carbonyl (C=O) groups is 1. The van der Waals surface area contributed by atoms with Gasteiger partial charge in [0.1, 0.15) is 0 Å². The molecule has 0 atom stereocenters. The average molecular weight is 206 g/mol. The van der Waals surface area contributed by atoms with Crippen LogP contribution in [0.25, 0.3) is 0 Å². The van der Waals surface area contributed by atoms with E-state index in [1.165, 1.54) is 12.8 Å². The first kappa shape index (κ1) is 10.4. The van der Waals surface area contributed by atoms with Crippen LogP contribution in [-0.2, 0) is 0 Å². The van der Waals surface area contributed by atoms with E-state index in [1.807, 2.05) is 9.80 Å². The van der Waals surface area contributed by atoms with E-state index in [1.54, 1.807) is 0 Å². The third-order valence-corrected chi connectivity index (χ3v) is 3.10. The van der Waals surface area contributed by atoms with Crippen molar-refractivity contribution in [1.82, 2.24) is 9.80 Å². The zero-order chi connectivity index (χ0) is 10.7. The van der Waals surface area contributed by atoms with E-state index in [9.17, 15) is 4.79 Å². The molecule has 2 fully saturated rings. The number of hydrogen-bond donors (Lipinski definition) is 0. The molecule has 15 heavy (non-hydrogen) atoms. The van der Waals surface area contributed by atoms with Gasteiger partial charge in [0.05, 0.1) is 6.54 Å². The highest BCUT2D eigenvalue weighted by Crippen LogP contribution is 2.30. The number of rotatable bonds is 3. The van der Waals surface area contributed by atoms with Gasteiger partial charge in [-0.3, -0.25) is 0 Å². The molecule has 0 aromatic carbocycles. The quantitative estimate of drug-likeness (QED) is 0.643. The SMILES string of the molecule is C#CCN(CC1CC1)C(=O)N1CCCC1. The van der Waals surface area contributed by atoms with Gasteiger partial charge >= 0.3 is 6.03 Å². The lowest BCUT2D eigenvalue weighted by molar-refractivity contribution is 0.166. The maximum Gasteiger partial charge on any atom is 0.320 e. The molecule has 0 bridgehead atoms. The van der Waals surface area contributed by atoms with Crippen LogP contribution in [0, 0.1) is 18.3 Å². The Bertz CT molecular complexity index is 272. The molecule has 2 rings (SSSR count). The summed E-state index contributed by atoms with van der Waals surface area (Å²) in [5.41, 5.74) is 0. The summed E-state index contributed by atoms with van der Waals surface area (Å²) in [6, 6.07) is 0.150.